The molecule has 0 aromatic rings. The lowest BCUT2D eigenvalue weighted by Crippen LogP contribution is -2.01. The van der Waals surface area contributed by atoms with E-state index in [9.17, 15) is 4.53 Å². The summed E-state index contributed by atoms with van der Waals surface area (Å²) in [5.74, 6) is 5.30. The van der Waals surface area contributed by atoms with Gasteiger partial charge in [-0.3, -0.25) is 0 Å². The minimum Gasteiger partial charge on any atom is -0.394 e. The second-order valence-corrected chi connectivity index (χ2v) is 2.00. The van der Waals surface area contributed by atoms with Gasteiger partial charge < -0.3 is 14.6 Å². The van der Waals surface area contributed by atoms with Crippen molar-refractivity contribution in [3.63, 3.8) is 0 Å². The first-order chi connectivity index (χ1) is 6.41. The summed E-state index contributed by atoms with van der Waals surface area (Å²) in [6.07, 6.45) is 0. The number of aliphatic hydroxyl groups excluding tert-OH is 1. The Morgan fingerprint density at radius 1 is 1.00 bits per heavy atom. The van der Waals surface area contributed by atoms with E-state index < -0.39 is 0 Å². The molecule has 0 fully saturated rings. The van der Waals surface area contributed by atoms with Crippen LogP contribution in [0.25, 0.3) is 0 Å². The number of rotatable bonds is 7. The zero-order valence-corrected chi connectivity index (χ0v) is 7.29. The van der Waals surface area contributed by atoms with E-state index in [0.29, 0.717) is 0 Å². The van der Waals surface area contributed by atoms with Crippen LogP contribution in [0.1, 0.15) is 0 Å². The van der Waals surface area contributed by atoms with Gasteiger partial charge in [0.15, 0.2) is 0 Å². The molecule has 0 aliphatic carbocycles. The Labute approximate surface area is 76.5 Å². The number of hydrogen-bond donors (Lipinski definition) is 1. The third-order valence-corrected chi connectivity index (χ3v) is 1.01. The maximum absolute atomic E-state index is 11.0. The van der Waals surface area contributed by atoms with Crippen LogP contribution >= 0.6 is 0 Å². The van der Waals surface area contributed by atoms with Crippen molar-refractivity contribution in [3.05, 3.63) is 0 Å². The first-order valence-corrected chi connectivity index (χ1v) is 3.87. The molecule has 0 saturated heterocycles. The standard InChI is InChI=1S/C8H13FO4/c9-13-8-7-12-5-2-1-4-11-6-3-10/h10H,3-8H2. The summed E-state index contributed by atoms with van der Waals surface area (Å²) in [5, 5.41) is 8.32. The van der Waals surface area contributed by atoms with Gasteiger partial charge in [-0.15, -0.1) is 0 Å². The van der Waals surface area contributed by atoms with Crippen LogP contribution in [0.4, 0.5) is 4.53 Å². The molecular weight excluding hydrogens is 179 g/mol. The van der Waals surface area contributed by atoms with Gasteiger partial charge in [-0.1, -0.05) is 11.8 Å². The van der Waals surface area contributed by atoms with Crippen molar-refractivity contribution in [2.75, 3.05) is 39.6 Å². The highest BCUT2D eigenvalue weighted by Crippen LogP contribution is 1.77. The Hall–Kier alpha value is -0.670. The lowest BCUT2D eigenvalue weighted by molar-refractivity contribution is -0.144. The largest absolute Gasteiger partial charge is 0.394 e. The summed E-state index contributed by atoms with van der Waals surface area (Å²) < 4.78 is 20.7. The van der Waals surface area contributed by atoms with E-state index in [2.05, 4.69) is 16.8 Å². The third-order valence-electron chi connectivity index (χ3n) is 1.01. The van der Waals surface area contributed by atoms with Crippen molar-refractivity contribution < 1.29 is 24.0 Å². The van der Waals surface area contributed by atoms with Gasteiger partial charge in [0.05, 0.1) is 19.8 Å². The smallest absolute Gasteiger partial charge is 0.111 e. The Morgan fingerprint density at radius 3 is 2.15 bits per heavy atom. The van der Waals surface area contributed by atoms with Crippen LogP contribution in [0, 0.1) is 11.8 Å². The normalized spacial score (nSPS) is 9.38. The van der Waals surface area contributed by atoms with Gasteiger partial charge in [0.25, 0.3) is 0 Å². The van der Waals surface area contributed by atoms with Crippen LogP contribution < -0.4 is 0 Å². The first kappa shape index (κ1) is 12.3. The molecule has 0 saturated carbocycles. The van der Waals surface area contributed by atoms with Gasteiger partial charge in [-0.05, 0) is 4.53 Å². The van der Waals surface area contributed by atoms with Crippen molar-refractivity contribution in [1.82, 2.24) is 0 Å². The number of ether oxygens (including phenoxy) is 2. The number of halogens is 1. The minimum atomic E-state index is -0.0807. The summed E-state index contributed by atoms with van der Waals surface area (Å²) in [6.45, 7) is 0.873. The molecule has 0 radical (unpaired) electrons. The summed E-state index contributed by atoms with van der Waals surface area (Å²) >= 11 is 0. The molecule has 5 heteroatoms. The molecule has 0 aromatic carbocycles. The van der Waals surface area contributed by atoms with E-state index >= 15 is 0 Å². The molecule has 0 spiro atoms. The summed E-state index contributed by atoms with van der Waals surface area (Å²) in [6, 6.07) is 0. The molecule has 76 valence electrons. The van der Waals surface area contributed by atoms with Gasteiger partial charge in [0.2, 0.25) is 0 Å². The zero-order valence-electron chi connectivity index (χ0n) is 7.29. The summed E-state index contributed by atoms with van der Waals surface area (Å²) in [5.41, 5.74) is 0. The summed E-state index contributed by atoms with van der Waals surface area (Å²) in [4.78, 5) is 3.28. The molecule has 4 nitrogen and oxygen atoms in total. The van der Waals surface area contributed by atoms with Gasteiger partial charge in [-0.25, -0.2) is 0 Å². The molecule has 0 amide bonds. The second kappa shape index (κ2) is 11.3. The molecule has 0 aliphatic rings. The minimum absolute atomic E-state index is 0.00792. The molecule has 0 aromatic heterocycles. The first-order valence-electron chi connectivity index (χ1n) is 3.87. The molecule has 1 N–H and O–H groups in total. The number of aliphatic hydroxyl groups is 1. The maximum Gasteiger partial charge on any atom is 0.111 e. The zero-order chi connectivity index (χ0) is 9.78. The fraction of sp³-hybridized carbons (Fsp3) is 0.750. The maximum atomic E-state index is 11.0. The van der Waals surface area contributed by atoms with Crippen LogP contribution in [0.5, 0.6) is 0 Å². The second-order valence-electron chi connectivity index (χ2n) is 2.00. The van der Waals surface area contributed by atoms with E-state index in [4.69, 9.17) is 14.6 Å². The molecule has 13 heavy (non-hydrogen) atoms. The Bertz CT molecular complexity index is 152. The van der Waals surface area contributed by atoms with E-state index in [1.54, 1.807) is 0 Å². The van der Waals surface area contributed by atoms with E-state index in [1.165, 1.54) is 0 Å². The predicted molar refractivity (Wildman–Crippen MR) is 43.6 cm³/mol. The summed E-state index contributed by atoms with van der Waals surface area (Å²) in [7, 11) is 0. The van der Waals surface area contributed by atoms with Crippen molar-refractivity contribution in [2.45, 2.75) is 0 Å². The quantitative estimate of drug-likeness (QED) is 0.452. The van der Waals surface area contributed by atoms with Crippen LogP contribution in [0.3, 0.4) is 0 Å². The lowest BCUT2D eigenvalue weighted by Gasteiger charge is -1.95. The van der Waals surface area contributed by atoms with Crippen molar-refractivity contribution >= 4 is 0 Å². The Morgan fingerprint density at radius 2 is 1.62 bits per heavy atom. The van der Waals surface area contributed by atoms with E-state index in [1.807, 2.05) is 0 Å². The van der Waals surface area contributed by atoms with Crippen LogP contribution in [-0.2, 0) is 14.4 Å². The van der Waals surface area contributed by atoms with Gasteiger partial charge in [0.1, 0.15) is 19.8 Å². The van der Waals surface area contributed by atoms with Crippen LogP contribution in [0.2, 0.25) is 0 Å². The molecule has 0 aliphatic heterocycles. The predicted octanol–water partition coefficient (Wildman–Crippen LogP) is -0.0836. The third kappa shape index (κ3) is 11.3. The van der Waals surface area contributed by atoms with Crippen LogP contribution in [-0.4, -0.2) is 44.7 Å². The van der Waals surface area contributed by atoms with E-state index in [-0.39, 0.29) is 39.6 Å². The highest BCUT2D eigenvalue weighted by Gasteiger charge is 1.84. The molecule has 0 unspecified atom stereocenters. The molecule has 0 bridgehead atoms. The topological polar surface area (TPSA) is 47.9 Å². The van der Waals surface area contributed by atoms with E-state index in [0.717, 1.165) is 0 Å². The van der Waals surface area contributed by atoms with Gasteiger partial charge >= 0.3 is 0 Å². The fourth-order valence-electron chi connectivity index (χ4n) is 0.503. The van der Waals surface area contributed by atoms with Gasteiger partial charge in [-0.2, -0.15) is 4.94 Å². The van der Waals surface area contributed by atoms with Gasteiger partial charge in [0, 0.05) is 0 Å². The fourth-order valence-corrected chi connectivity index (χ4v) is 0.503. The highest BCUT2D eigenvalue weighted by molar-refractivity contribution is 4.99. The Kier molecular flexibility index (Phi) is 10.7. The Balaban J connectivity index is 3.02. The molecule has 0 rings (SSSR count). The molecular formula is C8H13FO4. The molecule has 0 heterocycles. The lowest BCUT2D eigenvalue weighted by atomic mass is 10.6. The average molecular weight is 192 g/mol. The SMILES string of the molecule is OCCOCC#CCOCCOF. The number of hydrogen-bond acceptors (Lipinski definition) is 4. The van der Waals surface area contributed by atoms with Crippen LogP contribution in [0.15, 0.2) is 0 Å². The van der Waals surface area contributed by atoms with Crippen molar-refractivity contribution in [2.24, 2.45) is 0 Å². The monoisotopic (exact) mass is 192 g/mol. The average Bonchev–Trinajstić information content (AvgIpc) is 2.16. The molecule has 0 atom stereocenters. The highest BCUT2D eigenvalue weighted by atomic mass is 19.3. The van der Waals surface area contributed by atoms with Crippen molar-refractivity contribution in [3.8, 4) is 11.8 Å². The van der Waals surface area contributed by atoms with Crippen molar-refractivity contribution in [1.29, 1.82) is 0 Å².